The number of aryl methyl sites for hydroxylation is 4. The molecule has 1 heterocycles. The summed E-state index contributed by atoms with van der Waals surface area (Å²) in [5.74, 6) is 1.35. The summed E-state index contributed by atoms with van der Waals surface area (Å²) in [6.07, 6.45) is 30.6. The van der Waals surface area contributed by atoms with Crippen molar-refractivity contribution in [3.8, 4) is 0 Å². The average Bonchev–Trinajstić information content (AvgIpc) is 3.26. The first kappa shape index (κ1) is 29.7. The van der Waals surface area contributed by atoms with Crippen LogP contribution in [0.5, 0.6) is 0 Å². The molecular formula is C33H56N2. The summed E-state index contributed by atoms with van der Waals surface area (Å²) >= 11 is 0. The van der Waals surface area contributed by atoms with Crippen molar-refractivity contribution in [1.82, 2.24) is 9.55 Å². The van der Waals surface area contributed by atoms with Gasteiger partial charge in [-0.05, 0) is 37.7 Å². The number of hydrogen-bond donors (Lipinski definition) is 0. The monoisotopic (exact) mass is 480 g/mol. The molecule has 0 spiro atoms. The van der Waals surface area contributed by atoms with Crippen LogP contribution in [0.25, 0.3) is 0 Å². The van der Waals surface area contributed by atoms with Crippen LogP contribution >= 0.6 is 0 Å². The average molecular weight is 481 g/mol. The minimum Gasteiger partial charge on any atom is -0.335 e. The molecule has 0 unspecified atom stereocenters. The highest BCUT2D eigenvalue weighted by Crippen LogP contribution is 2.16. The zero-order valence-electron chi connectivity index (χ0n) is 23.4. The van der Waals surface area contributed by atoms with Gasteiger partial charge in [0.2, 0.25) is 0 Å². The lowest BCUT2D eigenvalue weighted by Gasteiger charge is -2.08. The van der Waals surface area contributed by atoms with Gasteiger partial charge in [-0.15, -0.1) is 0 Å². The van der Waals surface area contributed by atoms with Crippen molar-refractivity contribution in [3.05, 3.63) is 53.6 Å². The quantitative estimate of drug-likeness (QED) is 0.145. The minimum absolute atomic E-state index is 1.10. The molecule has 1 aromatic carbocycles. The Kier molecular flexibility index (Phi) is 17.5. The number of unbranched alkanes of at least 4 members (excludes halogenated alkanes) is 15. The maximum atomic E-state index is 5.12. The van der Waals surface area contributed by atoms with Crippen LogP contribution in [0, 0.1) is 0 Å². The molecule has 2 aromatic rings. The van der Waals surface area contributed by atoms with E-state index in [1.54, 1.807) is 0 Å². The van der Waals surface area contributed by atoms with Gasteiger partial charge in [-0.3, -0.25) is 0 Å². The fourth-order valence-corrected chi connectivity index (χ4v) is 5.15. The summed E-state index contributed by atoms with van der Waals surface area (Å²) in [6, 6.07) is 10.9. The summed E-state index contributed by atoms with van der Waals surface area (Å²) in [4.78, 5) is 5.12. The lowest BCUT2D eigenvalue weighted by Crippen LogP contribution is -2.03. The summed E-state index contributed by atoms with van der Waals surface area (Å²) in [6.45, 7) is 5.75. The number of nitrogens with zero attached hydrogens (tertiary/aromatic N) is 2. The van der Waals surface area contributed by atoms with Gasteiger partial charge in [0.05, 0.1) is 5.69 Å². The van der Waals surface area contributed by atoms with Crippen molar-refractivity contribution in [2.45, 2.75) is 155 Å². The number of benzene rings is 1. The first-order valence-electron chi connectivity index (χ1n) is 15.4. The third-order valence-electron chi connectivity index (χ3n) is 7.41. The van der Waals surface area contributed by atoms with Crippen LogP contribution in [0.3, 0.4) is 0 Å². The van der Waals surface area contributed by atoms with E-state index in [0.29, 0.717) is 0 Å². The number of hydrogen-bond acceptors (Lipinski definition) is 1. The van der Waals surface area contributed by atoms with Crippen molar-refractivity contribution in [3.63, 3.8) is 0 Å². The standard InChI is InChI=1S/C33H56N2/c1-3-5-7-9-11-12-13-14-15-16-21-28-33-34-32(27-23-26-31-24-19-18-20-25-31)30-35(33)29-22-17-10-8-6-4-2/h18-20,24-25,30H,3-17,21-23,26-29H2,1-2H3. The minimum atomic E-state index is 1.10. The molecule has 0 aliphatic rings. The van der Waals surface area contributed by atoms with Gasteiger partial charge < -0.3 is 4.57 Å². The zero-order chi connectivity index (χ0) is 24.8. The first-order valence-corrected chi connectivity index (χ1v) is 15.4. The van der Waals surface area contributed by atoms with Gasteiger partial charge >= 0.3 is 0 Å². The Morgan fingerprint density at radius 1 is 0.543 bits per heavy atom. The Balaban J connectivity index is 1.69. The Hall–Kier alpha value is -1.57. The van der Waals surface area contributed by atoms with Crippen molar-refractivity contribution in [2.75, 3.05) is 0 Å². The summed E-state index contributed by atoms with van der Waals surface area (Å²) in [7, 11) is 0. The molecule has 0 N–H and O–H groups in total. The van der Waals surface area contributed by atoms with Gasteiger partial charge in [0.25, 0.3) is 0 Å². The molecule has 2 rings (SSSR count). The van der Waals surface area contributed by atoms with E-state index in [1.165, 1.54) is 133 Å². The van der Waals surface area contributed by atoms with Crippen molar-refractivity contribution in [2.24, 2.45) is 0 Å². The van der Waals surface area contributed by atoms with Crippen LogP contribution < -0.4 is 0 Å². The third-order valence-corrected chi connectivity index (χ3v) is 7.41. The highest BCUT2D eigenvalue weighted by atomic mass is 15.1. The second-order valence-corrected chi connectivity index (χ2v) is 10.7. The lowest BCUT2D eigenvalue weighted by molar-refractivity contribution is 0.529. The van der Waals surface area contributed by atoms with E-state index in [9.17, 15) is 0 Å². The Morgan fingerprint density at radius 2 is 1.09 bits per heavy atom. The topological polar surface area (TPSA) is 17.8 Å². The van der Waals surface area contributed by atoms with Crippen LogP contribution in [0.2, 0.25) is 0 Å². The van der Waals surface area contributed by atoms with E-state index in [0.717, 1.165) is 25.8 Å². The lowest BCUT2D eigenvalue weighted by atomic mass is 10.1. The highest BCUT2D eigenvalue weighted by molar-refractivity contribution is 5.15. The summed E-state index contributed by atoms with van der Waals surface area (Å²) < 4.78 is 2.51. The molecule has 198 valence electrons. The van der Waals surface area contributed by atoms with Crippen molar-refractivity contribution < 1.29 is 0 Å². The molecule has 0 aliphatic carbocycles. The van der Waals surface area contributed by atoms with Gasteiger partial charge in [-0.2, -0.15) is 0 Å². The molecule has 0 fully saturated rings. The van der Waals surface area contributed by atoms with Crippen molar-refractivity contribution >= 4 is 0 Å². The molecule has 35 heavy (non-hydrogen) atoms. The van der Waals surface area contributed by atoms with Crippen LogP contribution in [0.4, 0.5) is 0 Å². The fourth-order valence-electron chi connectivity index (χ4n) is 5.15. The molecular weight excluding hydrogens is 424 g/mol. The Bertz CT molecular complexity index is 718. The molecule has 0 aliphatic heterocycles. The van der Waals surface area contributed by atoms with E-state index >= 15 is 0 Å². The largest absolute Gasteiger partial charge is 0.335 e. The maximum absolute atomic E-state index is 5.12. The summed E-state index contributed by atoms with van der Waals surface area (Å²) in [5, 5.41) is 0. The maximum Gasteiger partial charge on any atom is 0.108 e. The van der Waals surface area contributed by atoms with Crippen LogP contribution in [0.15, 0.2) is 36.5 Å². The van der Waals surface area contributed by atoms with Gasteiger partial charge in [-0.25, -0.2) is 4.98 Å². The number of rotatable bonds is 23. The van der Waals surface area contributed by atoms with Gasteiger partial charge in [0, 0.05) is 19.2 Å². The molecule has 0 amide bonds. The zero-order valence-corrected chi connectivity index (χ0v) is 23.4. The predicted octanol–water partition coefficient (Wildman–Crippen LogP) is 10.3. The molecule has 0 saturated carbocycles. The van der Waals surface area contributed by atoms with E-state index in [-0.39, 0.29) is 0 Å². The second-order valence-electron chi connectivity index (χ2n) is 10.7. The van der Waals surface area contributed by atoms with E-state index in [4.69, 9.17) is 4.98 Å². The highest BCUT2D eigenvalue weighted by Gasteiger charge is 2.08. The number of imidazole rings is 1. The fraction of sp³-hybridized carbons (Fsp3) is 0.727. The number of aromatic nitrogens is 2. The van der Waals surface area contributed by atoms with Crippen molar-refractivity contribution in [1.29, 1.82) is 0 Å². The molecule has 2 nitrogen and oxygen atoms in total. The smallest absolute Gasteiger partial charge is 0.108 e. The van der Waals surface area contributed by atoms with E-state index in [2.05, 4.69) is 54.9 Å². The molecule has 2 heteroatoms. The Morgan fingerprint density at radius 3 is 1.69 bits per heavy atom. The molecule has 0 radical (unpaired) electrons. The molecule has 0 saturated heterocycles. The van der Waals surface area contributed by atoms with Crippen LogP contribution in [-0.4, -0.2) is 9.55 Å². The third kappa shape index (κ3) is 14.6. The van der Waals surface area contributed by atoms with Gasteiger partial charge in [0.1, 0.15) is 5.82 Å². The van der Waals surface area contributed by atoms with Crippen LogP contribution in [0.1, 0.15) is 147 Å². The molecule has 1 aromatic heterocycles. The normalized spacial score (nSPS) is 11.4. The second kappa shape index (κ2) is 20.6. The summed E-state index contributed by atoms with van der Waals surface area (Å²) in [5.41, 5.74) is 2.75. The Labute approximate surface area is 218 Å². The van der Waals surface area contributed by atoms with Crippen LogP contribution in [-0.2, 0) is 25.8 Å². The first-order chi connectivity index (χ1) is 17.3. The van der Waals surface area contributed by atoms with E-state index in [1.807, 2.05) is 0 Å². The molecule has 0 atom stereocenters. The SMILES string of the molecule is CCCCCCCCCCCCCc1nc(CCCc2ccccc2)cn1CCCCCCCC. The van der Waals surface area contributed by atoms with Gasteiger partial charge in [0.15, 0.2) is 0 Å². The van der Waals surface area contributed by atoms with Gasteiger partial charge in [-0.1, -0.05) is 140 Å². The predicted molar refractivity (Wildman–Crippen MR) is 154 cm³/mol. The molecule has 0 bridgehead atoms. The van der Waals surface area contributed by atoms with E-state index < -0.39 is 0 Å².